The van der Waals surface area contributed by atoms with Gasteiger partial charge >= 0.3 is 5.97 Å². The van der Waals surface area contributed by atoms with Crippen LogP contribution in [0.1, 0.15) is 72.9 Å². The molecule has 0 saturated heterocycles. The maximum absolute atomic E-state index is 13.9. The van der Waals surface area contributed by atoms with Gasteiger partial charge in [0.15, 0.2) is 0 Å². The maximum atomic E-state index is 13.9. The number of carbonyl (C=O) groups is 2. The summed E-state index contributed by atoms with van der Waals surface area (Å²) in [6, 6.07) is 21.1. The molecule has 4 rings (SSSR count). The summed E-state index contributed by atoms with van der Waals surface area (Å²) in [5.74, 6) is 0.491. The average molecular weight is 658 g/mol. The Bertz CT molecular complexity index is 1530. The van der Waals surface area contributed by atoms with Crippen LogP contribution in [0.15, 0.2) is 77.7 Å². The van der Waals surface area contributed by atoms with Gasteiger partial charge in [0, 0.05) is 37.5 Å². The summed E-state index contributed by atoms with van der Waals surface area (Å²) in [5, 5.41) is 2.88. The van der Waals surface area contributed by atoms with E-state index in [-0.39, 0.29) is 36.2 Å². The van der Waals surface area contributed by atoms with Crippen LogP contribution in [0.2, 0.25) is 0 Å². The van der Waals surface area contributed by atoms with Gasteiger partial charge in [0.2, 0.25) is 10.0 Å². The number of hydrogen-bond donors (Lipinski definition) is 1. The molecule has 1 radical (unpaired) electrons. The monoisotopic (exact) mass is 657 g/mol. The van der Waals surface area contributed by atoms with Gasteiger partial charge in [-0.15, -0.1) is 0 Å². The summed E-state index contributed by atoms with van der Waals surface area (Å²) in [6.45, 7) is 2.59. The van der Waals surface area contributed by atoms with Gasteiger partial charge in [0.1, 0.15) is 6.04 Å². The van der Waals surface area contributed by atoms with Gasteiger partial charge in [-0.2, -0.15) is 16.1 Å². The zero-order valence-electron chi connectivity index (χ0n) is 27.7. The van der Waals surface area contributed by atoms with E-state index in [2.05, 4.69) is 5.32 Å². The molecule has 0 unspecified atom stereocenters. The van der Waals surface area contributed by atoms with E-state index in [0.717, 1.165) is 29.5 Å². The molecule has 10 heteroatoms. The number of nitrogens with one attached hydrogen (secondary N) is 1. The van der Waals surface area contributed by atoms with Gasteiger partial charge in [0.05, 0.1) is 12.0 Å². The number of esters is 1. The van der Waals surface area contributed by atoms with Crippen LogP contribution in [-0.4, -0.2) is 75.2 Å². The van der Waals surface area contributed by atoms with Gasteiger partial charge in [-0.3, -0.25) is 4.79 Å². The molecular formula is C36H46LiN2O5S2. The molecule has 0 bridgehead atoms. The van der Waals surface area contributed by atoms with Crippen molar-refractivity contribution in [2.24, 2.45) is 5.92 Å². The number of amides is 1. The average Bonchev–Trinajstić information content (AvgIpc) is 3.06. The van der Waals surface area contributed by atoms with Crippen LogP contribution < -0.4 is 5.32 Å². The number of aryl methyl sites for hydroxylation is 1. The first kappa shape index (κ1) is 37.9. The third kappa shape index (κ3) is 10.2. The van der Waals surface area contributed by atoms with Crippen LogP contribution in [0.25, 0.3) is 11.1 Å². The van der Waals surface area contributed by atoms with E-state index in [4.69, 9.17) is 4.74 Å². The molecule has 7 nitrogen and oxygen atoms in total. The number of carbonyl (C=O) groups excluding carboxylic acids is 2. The third-order valence-electron chi connectivity index (χ3n) is 8.65. The summed E-state index contributed by atoms with van der Waals surface area (Å²) in [7, 11) is -2.43. The fourth-order valence-corrected chi connectivity index (χ4v) is 8.07. The predicted molar refractivity (Wildman–Crippen MR) is 188 cm³/mol. The number of nitrogens with zero attached hydrogens (tertiary/aromatic N) is 1. The van der Waals surface area contributed by atoms with Crippen LogP contribution in [0.3, 0.4) is 0 Å². The smallest absolute Gasteiger partial charge is 0.328 e. The third-order valence-corrected chi connectivity index (χ3v) is 11.2. The normalized spacial score (nSPS) is 14.3. The minimum Gasteiger partial charge on any atom is -0.467 e. The summed E-state index contributed by atoms with van der Waals surface area (Å²) in [6.07, 6.45) is 10.5. The standard InChI is InChI=1S/C36H46N2O5S2.Li/c1-27-13-10-11-19-31(27)33-25-29(20-21-32(33)35(39)37-34(22-24-44-3)36(40)43-2)26-38(23-12-16-28-14-6-4-7-15-28)45(41,42)30-17-8-5-9-18-30;/h5,8-11,13,17-21,25,28,34H,4,6-7,12,14-16,22-24,26H2,1-3H3,(H,37,39);/t34-;/m0./s1. The van der Waals surface area contributed by atoms with Crippen molar-refractivity contribution in [2.45, 2.75) is 75.8 Å². The molecule has 1 aliphatic rings. The number of benzene rings is 3. The Balaban J connectivity index is 0.00000576. The number of hydrogen-bond acceptors (Lipinski definition) is 6. The van der Waals surface area contributed by atoms with Crippen molar-refractivity contribution < 1.29 is 22.7 Å². The largest absolute Gasteiger partial charge is 0.467 e. The Morgan fingerprint density at radius 3 is 2.35 bits per heavy atom. The Morgan fingerprint density at radius 1 is 0.978 bits per heavy atom. The van der Waals surface area contributed by atoms with Gasteiger partial charge < -0.3 is 10.1 Å². The van der Waals surface area contributed by atoms with Gasteiger partial charge in [-0.05, 0) is 90.6 Å². The summed E-state index contributed by atoms with van der Waals surface area (Å²) < 4.78 is 34.4. The molecule has 0 spiro atoms. The SMILES string of the molecule is COC(=O)[C@H](CCSC)NC(=O)c1ccc(CN(CCCC2CCCCC2)S(=O)(=O)c2ccccc2)cc1-c1ccccc1C.[Li]. The van der Waals surface area contributed by atoms with Crippen molar-refractivity contribution >= 4 is 52.5 Å². The van der Waals surface area contributed by atoms with Crippen molar-refractivity contribution in [3.8, 4) is 11.1 Å². The summed E-state index contributed by atoms with van der Waals surface area (Å²) in [5.41, 5.74) is 3.75. The van der Waals surface area contributed by atoms with Crippen molar-refractivity contribution in [2.75, 3.05) is 25.7 Å². The Labute approximate surface area is 291 Å². The molecule has 1 aliphatic carbocycles. The quantitative estimate of drug-likeness (QED) is 0.142. The predicted octanol–water partition coefficient (Wildman–Crippen LogP) is 6.86. The molecular weight excluding hydrogens is 611 g/mol. The van der Waals surface area contributed by atoms with Crippen LogP contribution in [0, 0.1) is 12.8 Å². The van der Waals surface area contributed by atoms with E-state index in [1.165, 1.54) is 39.2 Å². The molecule has 3 aromatic rings. The van der Waals surface area contributed by atoms with Gasteiger partial charge in [-0.1, -0.05) is 80.6 Å². The van der Waals surface area contributed by atoms with Crippen molar-refractivity contribution in [1.82, 2.24) is 9.62 Å². The second kappa shape index (κ2) is 18.7. The molecule has 243 valence electrons. The Morgan fingerprint density at radius 2 is 1.67 bits per heavy atom. The molecule has 1 amide bonds. The second-order valence-corrected chi connectivity index (χ2v) is 14.7. The van der Waals surface area contributed by atoms with Crippen molar-refractivity contribution in [1.29, 1.82) is 0 Å². The van der Waals surface area contributed by atoms with E-state index < -0.39 is 22.0 Å². The van der Waals surface area contributed by atoms with E-state index in [1.807, 2.05) is 55.6 Å². The van der Waals surface area contributed by atoms with Crippen LogP contribution >= 0.6 is 11.8 Å². The second-order valence-electron chi connectivity index (χ2n) is 11.8. The van der Waals surface area contributed by atoms with E-state index >= 15 is 0 Å². The first-order valence-corrected chi connectivity index (χ1v) is 18.7. The number of ether oxygens (including phenoxy) is 1. The fourth-order valence-electron chi connectivity index (χ4n) is 6.11. The van der Waals surface area contributed by atoms with E-state index in [9.17, 15) is 18.0 Å². The van der Waals surface area contributed by atoms with Crippen LogP contribution in [0.4, 0.5) is 0 Å². The molecule has 3 aromatic carbocycles. The first-order valence-electron chi connectivity index (χ1n) is 15.9. The zero-order chi connectivity index (χ0) is 32.2. The minimum atomic E-state index is -3.75. The molecule has 1 N–H and O–H groups in total. The topological polar surface area (TPSA) is 92.8 Å². The Hall–Kier alpha value is -2.54. The number of rotatable bonds is 15. The van der Waals surface area contributed by atoms with E-state index in [0.29, 0.717) is 35.8 Å². The van der Waals surface area contributed by atoms with Gasteiger partial charge in [-0.25, -0.2) is 13.2 Å². The molecule has 1 atom stereocenters. The van der Waals surface area contributed by atoms with E-state index in [1.54, 1.807) is 46.4 Å². The molecule has 46 heavy (non-hydrogen) atoms. The maximum Gasteiger partial charge on any atom is 0.328 e. The van der Waals surface area contributed by atoms with Crippen molar-refractivity contribution in [3.05, 3.63) is 89.5 Å². The Kier molecular flexibility index (Phi) is 15.4. The number of thioether (sulfide) groups is 1. The van der Waals surface area contributed by atoms with Gasteiger partial charge in [0.25, 0.3) is 5.91 Å². The number of sulfonamides is 1. The fraction of sp³-hybridized carbons (Fsp3) is 0.444. The summed E-state index contributed by atoms with van der Waals surface area (Å²) >= 11 is 1.59. The molecule has 1 saturated carbocycles. The molecule has 0 aromatic heterocycles. The van der Waals surface area contributed by atoms with Crippen LogP contribution in [-0.2, 0) is 26.1 Å². The molecule has 0 aliphatic heterocycles. The van der Waals surface area contributed by atoms with Crippen molar-refractivity contribution in [3.63, 3.8) is 0 Å². The molecule has 0 heterocycles. The molecule has 1 fully saturated rings. The number of methoxy groups -OCH3 is 1. The summed E-state index contributed by atoms with van der Waals surface area (Å²) in [4.78, 5) is 26.4. The minimum absolute atomic E-state index is 0. The zero-order valence-corrected chi connectivity index (χ0v) is 29.3. The van der Waals surface area contributed by atoms with Crippen LogP contribution in [0.5, 0.6) is 0 Å². The first-order chi connectivity index (χ1) is 21.7.